The average Bonchev–Trinajstić information content (AvgIpc) is 3.04. The molecule has 232 valence electrons. The van der Waals surface area contributed by atoms with Gasteiger partial charge in [0.05, 0.1) is 27.9 Å². The number of phenolic OH excluding ortho intramolecular Hbond substituents is 2. The molecule has 46 heavy (non-hydrogen) atoms. The summed E-state index contributed by atoms with van der Waals surface area (Å²) < 4.78 is 12.0. The third-order valence-corrected chi connectivity index (χ3v) is 8.02. The molecule has 0 amide bonds. The third-order valence-electron chi connectivity index (χ3n) is 8.02. The lowest BCUT2D eigenvalue weighted by Crippen LogP contribution is -2.24. The van der Waals surface area contributed by atoms with E-state index in [0.29, 0.717) is 17.2 Å². The van der Waals surface area contributed by atoms with Crippen LogP contribution in [-0.4, -0.2) is 21.8 Å². The van der Waals surface area contributed by atoms with Crippen molar-refractivity contribution >= 4 is 28.6 Å². The summed E-state index contributed by atoms with van der Waals surface area (Å²) in [5.41, 5.74) is 9.40. The van der Waals surface area contributed by atoms with Crippen LogP contribution in [0.15, 0.2) is 84.9 Å². The zero-order chi connectivity index (χ0) is 32.5. The van der Waals surface area contributed by atoms with Gasteiger partial charge in [-0.2, -0.15) is 0 Å². The van der Waals surface area contributed by atoms with Crippen molar-refractivity contribution in [3.63, 3.8) is 0 Å². The minimum Gasteiger partial charge on any atom is -0.504 e. The quantitative estimate of drug-likeness (QED) is 0.0939. The first-order valence-electron chi connectivity index (χ1n) is 15.1. The summed E-state index contributed by atoms with van der Waals surface area (Å²) in [5.74, 6) is -1.73. The second kappa shape index (κ2) is 12.3. The molecule has 0 radical (unpaired) electrons. The Morgan fingerprint density at radius 3 is 1.76 bits per heavy atom. The van der Waals surface area contributed by atoms with Gasteiger partial charge in [0, 0.05) is 23.5 Å². The van der Waals surface area contributed by atoms with Crippen molar-refractivity contribution in [1.29, 1.82) is 0 Å². The highest BCUT2D eigenvalue weighted by atomic mass is 16.5. The van der Waals surface area contributed by atoms with Gasteiger partial charge in [-0.1, -0.05) is 60.9 Å². The number of ether oxygens (including phenoxy) is 2. The number of carbonyl (C=O) groups excluding carboxylic acids is 2. The van der Waals surface area contributed by atoms with E-state index in [1.165, 1.54) is 12.1 Å². The number of phenols is 2. The van der Waals surface area contributed by atoms with Crippen molar-refractivity contribution in [1.82, 2.24) is 0 Å². The molecule has 0 bridgehead atoms. The number of unbranched alkanes of at least 4 members (excludes halogenated alkanes) is 1. The molecule has 8 heteroatoms. The van der Waals surface area contributed by atoms with Crippen LogP contribution < -0.4 is 20.5 Å². The van der Waals surface area contributed by atoms with E-state index in [4.69, 9.17) is 15.2 Å². The fourth-order valence-electron chi connectivity index (χ4n) is 5.50. The molecule has 0 fully saturated rings. The van der Waals surface area contributed by atoms with E-state index < -0.39 is 23.1 Å². The predicted octanol–water partition coefficient (Wildman–Crippen LogP) is 8.74. The molecule has 0 saturated heterocycles. The lowest BCUT2D eigenvalue weighted by atomic mass is 9.81. The van der Waals surface area contributed by atoms with Crippen LogP contribution in [0, 0.1) is 13.8 Å². The molecule has 8 nitrogen and oxygen atoms in total. The summed E-state index contributed by atoms with van der Waals surface area (Å²) in [5, 5.41) is 26.0. The molecule has 5 aromatic rings. The first-order chi connectivity index (χ1) is 22.1. The van der Waals surface area contributed by atoms with Crippen LogP contribution in [0.3, 0.4) is 0 Å². The fraction of sp³-hybridized carbons (Fsp3) is 0.158. The van der Waals surface area contributed by atoms with Gasteiger partial charge in [0.2, 0.25) is 11.6 Å². The lowest BCUT2D eigenvalue weighted by molar-refractivity contribution is 0.0974. The van der Waals surface area contributed by atoms with Crippen molar-refractivity contribution in [2.75, 3.05) is 11.1 Å². The second-order valence-corrected chi connectivity index (χ2v) is 11.5. The van der Waals surface area contributed by atoms with Gasteiger partial charge in [0.1, 0.15) is 11.5 Å². The molecule has 5 N–H and O–H groups in total. The van der Waals surface area contributed by atoms with E-state index in [1.807, 2.05) is 62.4 Å². The molecule has 0 saturated carbocycles. The first-order valence-corrected chi connectivity index (χ1v) is 15.1. The minimum atomic E-state index is -0.733. The Morgan fingerprint density at radius 1 is 0.674 bits per heavy atom. The van der Waals surface area contributed by atoms with Crippen LogP contribution in [-0.2, 0) is 6.42 Å². The summed E-state index contributed by atoms with van der Waals surface area (Å²) in [6.45, 7) is 6.02. The SMILES string of the molecule is CCCCc1ccc(Oc2cc(N)c3c(c2O)C(=O)c2c(Nc4ccc(C)cc4)cc(Oc4ccc(C)cc4)c(O)c2C3=O)cc1. The highest BCUT2D eigenvalue weighted by molar-refractivity contribution is 6.34. The number of hydrogen-bond acceptors (Lipinski definition) is 8. The Labute approximate surface area is 267 Å². The van der Waals surface area contributed by atoms with E-state index in [-0.39, 0.29) is 45.1 Å². The maximum atomic E-state index is 14.3. The Balaban J connectivity index is 1.45. The molecule has 6 rings (SSSR count). The molecule has 0 aromatic heterocycles. The summed E-state index contributed by atoms with van der Waals surface area (Å²) in [6, 6.07) is 24.8. The van der Waals surface area contributed by atoms with Gasteiger partial charge >= 0.3 is 0 Å². The molecule has 0 spiro atoms. The number of fused-ring (bicyclic) bond motifs is 2. The Morgan fingerprint density at radius 2 is 1.17 bits per heavy atom. The minimum absolute atomic E-state index is 0.0352. The molecule has 1 aliphatic carbocycles. The van der Waals surface area contributed by atoms with Gasteiger partial charge < -0.3 is 30.7 Å². The highest BCUT2D eigenvalue weighted by Gasteiger charge is 2.40. The number of anilines is 3. The fourth-order valence-corrected chi connectivity index (χ4v) is 5.50. The van der Waals surface area contributed by atoms with Gasteiger partial charge in [-0.25, -0.2) is 0 Å². The van der Waals surface area contributed by atoms with Gasteiger partial charge in [0.15, 0.2) is 23.0 Å². The standard InChI is InChI=1S/C38H34N2O6/c1-4-5-6-23-11-17-26(18-12-23)45-29-19-27(39)31-33(35(29)41)38(44)32-28(40-24-13-7-21(2)8-14-24)20-30(36(42)34(32)37(31)43)46-25-15-9-22(3)10-16-25/h7-20,40-42H,4-6,39H2,1-3H3. The van der Waals surface area contributed by atoms with Crippen LogP contribution in [0.5, 0.6) is 34.5 Å². The lowest BCUT2D eigenvalue weighted by Gasteiger charge is -2.25. The van der Waals surface area contributed by atoms with Crippen molar-refractivity contribution in [2.45, 2.75) is 40.0 Å². The number of benzene rings is 5. The monoisotopic (exact) mass is 614 g/mol. The number of carbonyl (C=O) groups is 2. The van der Waals surface area contributed by atoms with E-state index in [9.17, 15) is 19.8 Å². The number of nitrogens with two attached hydrogens (primary N) is 1. The topological polar surface area (TPSA) is 131 Å². The van der Waals surface area contributed by atoms with Gasteiger partial charge in [-0.05, 0) is 68.7 Å². The summed E-state index contributed by atoms with van der Waals surface area (Å²) in [6.07, 6.45) is 3.08. The largest absolute Gasteiger partial charge is 0.504 e. The van der Waals surface area contributed by atoms with Crippen LogP contribution in [0.25, 0.3) is 0 Å². The van der Waals surface area contributed by atoms with Crippen molar-refractivity contribution in [3.05, 3.63) is 124 Å². The Kier molecular flexibility index (Phi) is 8.11. The van der Waals surface area contributed by atoms with Crippen molar-refractivity contribution in [2.24, 2.45) is 0 Å². The number of nitrogen functional groups attached to an aromatic ring is 1. The third kappa shape index (κ3) is 5.73. The maximum Gasteiger partial charge on any atom is 0.200 e. The summed E-state index contributed by atoms with van der Waals surface area (Å²) in [4.78, 5) is 28.4. The van der Waals surface area contributed by atoms with Gasteiger partial charge in [-0.15, -0.1) is 0 Å². The zero-order valence-corrected chi connectivity index (χ0v) is 25.8. The Hall–Kier alpha value is -5.76. The number of aryl methyl sites for hydroxylation is 3. The normalized spacial score (nSPS) is 12.0. The van der Waals surface area contributed by atoms with Crippen molar-refractivity contribution < 1.29 is 29.3 Å². The molecule has 5 aromatic carbocycles. The molecule has 1 aliphatic rings. The number of hydrogen-bond donors (Lipinski definition) is 4. The highest BCUT2D eigenvalue weighted by Crippen LogP contribution is 2.49. The number of nitrogens with one attached hydrogen (secondary N) is 1. The molecule has 0 heterocycles. The smallest absolute Gasteiger partial charge is 0.200 e. The van der Waals surface area contributed by atoms with Gasteiger partial charge in [0.25, 0.3) is 0 Å². The van der Waals surface area contributed by atoms with E-state index in [2.05, 4.69) is 12.2 Å². The molecular weight excluding hydrogens is 580 g/mol. The number of aromatic hydroxyl groups is 2. The molecule has 0 unspecified atom stereocenters. The van der Waals surface area contributed by atoms with E-state index in [1.54, 1.807) is 24.3 Å². The van der Waals surface area contributed by atoms with E-state index in [0.717, 1.165) is 36.0 Å². The van der Waals surface area contributed by atoms with Crippen LogP contribution >= 0.6 is 0 Å². The Bertz CT molecular complexity index is 1960. The van der Waals surface area contributed by atoms with Crippen LogP contribution in [0.2, 0.25) is 0 Å². The zero-order valence-electron chi connectivity index (χ0n) is 25.8. The van der Waals surface area contributed by atoms with Crippen LogP contribution in [0.1, 0.15) is 68.3 Å². The predicted molar refractivity (Wildman–Crippen MR) is 178 cm³/mol. The maximum absolute atomic E-state index is 14.3. The molecular formula is C38H34N2O6. The van der Waals surface area contributed by atoms with Gasteiger partial charge in [-0.3, -0.25) is 9.59 Å². The number of rotatable bonds is 9. The summed E-state index contributed by atoms with van der Waals surface area (Å²) >= 11 is 0. The van der Waals surface area contributed by atoms with E-state index >= 15 is 0 Å². The summed E-state index contributed by atoms with van der Waals surface area (Å²) in [7, 11) is 0. The van der Waals surface area contributed by atoms with Crippen LogP contribution in [0.4, 0.5) is 17.1 Å². The first kappa shape index (κ1) is 30.3. The number of ketones is 2. The second-order valence-electron chi connectivity index (χ2n) is 11.5. The van der Waals surface area contributed by atoms with Crippen molar-refractivity contribution in [3.8, 4) is 34.5 Å². The molecule has 0 aliphatic heterocycles. The molecule has 0 atom stereocenters. The average molecular weight is 615 g/mol.